The topological polar surface area (TPSA) is 86.0 Å². The van der Waals surface area contributed by atoms with Crippen LogP contribution in [-0.4, -0.2) is 24.3 Å². The summed E-state index contributed by atoms with van der Waals surface area (Å²) in [5.74, 6) is -0.240. The average Bonchev–Trinajstić information content (AvgIpc) is 2.50. The summed E-state index contributed by atoms with van der Waals surface area (Å²) in [6.07, 6.45) is -2.28. The highest BCUT2D eigenvalue weighted by Crippen LogP contribution is 2.36. The van der Waals surface area contributed by atoms with Crippen LogP contribution in [0.25, 0.3) is 11.0 Å². The lowest BCUT2D eigenvalue weighted by molar-refractivity contribution is -0.149. The van der Waals surface area contributed by atoms with Gasteiger partial charge in [-0.25, -0.2) is 4.79 Å². The molecule has 6 nitrogen and oxygen atoms in total. The minimum absolute atomic E-state index is 0.183. The summed E-state index contributed by atoms with van der Waals surface area (Å²) in [4.78, 5) is 22.8. The predicted molar refractivity (Wildman–Crippen MR) is 84.4 cm³/mol. The Kier molecular flexibility index (Phi) is 4.86. The third-order valence-corrected chi connectivity index (χ3v) is 3.37. The fourth-order valence-corrected chi connectivity index (χ4v) is 2.36. The van der Waals surface area contributed by atoms with Crippen molar-refractivity contribution in [2.24, 2.45) is 0 Å². The van der Waals surface area contributed by atoms with Crippen LogP contribution >= 0.6 is 0 Å². The van der Waals surface area contributed by atoms with E-state index in [4.69, 9.17) is 13.9 Å². The summed E-state index contributed by atoms with van der Waals surface area (Å²) in [6.45, 7) is 6.61. The number of esters is 1. The Morgan fingerprint density at radius 2 is 1.91 bits per heavy atom. The van der Waals surface area contributed by atoms with Crippen LogP contribution < -0.4 is 10.4 Å². The van der Waals surface area contributed by atoms with Crippen LogP contribution in [0.15, 0.2) is 45.6 Å². The van der Waals surface area contributed by atoms with Crippen LogP contribution in [0.4, 0.5) is 0 Å². The van der Waals surface area contributed by atoms with E-state index in [2.05, 4.69) is 6.58 Å². The molecule has 0 amide bonds. The average molecular weight is 318 g/mol. The lowest BCUT2D eigenvalue weighted by Crippen LogP contribution is -2.26. The Hall–Kier alpha value is -2.60. The maximum Gasteiger partial charge on any atom is 0.336 e. The summed E-state index contributed by atoms with van der Waals surface area (Å²) in [5.41, 5.74) is 0.309. The van der Waals surface area contributed by atoms with Crippen molar-refractivity contribution in [2.45, 2.75) is 26.1 Å². The highest BCUT2D eigenvalue weighted by molar-refractivity contribution is 5.82. The standard InChI is InChI=1S/C17H18O6/c1-9(2)16(22-10(3)18)15(20)14-12(21-4)7-5-11-6-8-13(19)23-17(11)14/h5-8,15-16,20H,1H2,2-4H3. The molecule has 122 valence electrons. The van der Waals surface area contributed by atoms with Gasteiger partial charge in [-0.3, -0.25) is 4.79 Å². The predicted octanol–water partition coefficient (Wildman–Crippen LogP) is 2.34. The van der Waals surface area contributed by atoms with Gasteiger partial charge < -0.3 is 19.0 Å². The second-order valence-electron chi connectivity index (χ2n) is 5.18. The van der Waals surface area contributed by atoms with E-state index < -0.39 is 23.8 Å². The zero-order valence-electron chi connectivity index (χ0n) is 13.2. The zero-order valence-corrected chi connectivity index (χ0v) is 13.2. The Labute approximate surface area is 132 Å². The third-order valence-electron chi connectivity index (χ3n) is 3.37. The molecule has 0 saturated carbocycles. The molecule has 0 aliphatic heterocycles. The smallest absolute Gasteiger partial charge is 0.336 e. The molecule has 1 aromatic heterocycles. The number of rotatable bonds is 5. The quantitative estimate of drug-likeness (QED) is 0.517. The van der Waals surface area contributed by atoms with Crippen molar-refractivity contribution in [1.82, 2.24) is 0 Å². The fourth-order valence-electron chi connectivity index (χ4n) is 2.36. The van der Waals surface area contributed by atoms with Crippen molar-refractivity contribution in [3.05, 3.63) is 52.4 Å². The minimum Gasteiger partial charge on any atom is -0.496 e. The molecule has 0 aliphatic rings. The van der Waals surface area contributed by atoms with Crippen molar-refractivity contribution in [1.29, 1.82) is 0 Å². The number of hydrogen-bond acceptors (Lipinski definition) is 6. The number of fused-ring (bicyclic) bond motifs is 1. The first-order valence-electron chi connectivity index (χ1n) is 6.96. The van der Waals surface area contributed by atoms with Crippen LogP contribution in [-0.2, 0) is 9.53 Å². The lowest BCUT2D eigenvalue weighted by atomic mass is 9.97. The van der Waals surface area contributed by atoms with Crippen LogP contribution in [0.1, 0.15) is 25.5 Å². The summed E-state index contributed by atoms with van der Waals surface area (Å²) < 4.78 is 15.6. The fraction of sp³-hybridized carbons (Fsp3) is 0.294. The van der Waals surface area contributed by atoms with E-state index in [9.17, 15) is 14.7 Å². The van der Waals surface area contributed by atoms with Gasteiger partial charge in [0.15, 0.2) is 6.10 Å². The van der Waals surface area contributed by atoms with Crippen molar-refractivity contribution < 1.29 is 23.8 Å². The van der Waals surface area contributed by atoms with Crippen LogP contribution in [0.3, 0.4) is 0 Å². The van der Waals surface area contributed by atoms with Crippen LogP contribution in [0, 0.1) is 0 Å². The molecule has 0 aliphatic carbocycles. The highest BCUT2D eigenvalue weighted by atomic mass is 16.6. The summed E-state index contributed by atoms with van der Waals surface area (Å²) in [7, 11) is 1.43. The molecule has 2 rings (SSSR count). The van der Waals surface area contributed by atoms with E-state index in [1.54, 1.807) is 25.1 Å². The van der Waals surface area contributed by atoms with Gasteiger partial charge in [-0.1, -0.05) is 6.58 Å². The first-order valence-corrected chi connectivity index (χ1v) is 6.96. The first kappa shape index (κ1) is 16.8. The van der Waals surface area contributed by atoms with Gasteiger partial charge in [0.25, 0.3) is 0 Å². The molecule has 0 radical (unpaired) electrons. The molecule has 2 atom stereocenters. The molecular formula is C17H18O6. The molecule has 1 N–H and O–H groups in total. The normalized spacial score (nSPS) is 13.4. The van der Waals surface area contributed by atoms with Crippen molar-refractivity contribution in [2.75, 3.05) is 7.11 Å². The van der Waals surface area contributed by atoms with E-state index in [1.165, 1.54) is 20.1 Å². The Bertz CT molecular complexity index is 804. The molecule has 0 saturated heterocycles. The van der Waals surface area contributed by atoms with Gasteiger partial charge in [0.2, 0.25) is 0 Å². The number of carbonyl (C=O) groups is 1. The van der Waals surface area contributed by atoms with Crippen molar-refractivity contribution >= 4 is 16.9 Å². The van der Waals surface area contributed by atoms with Gasteiger partial charge >= 0.3 is 11.6 Å². The van der Waals surface area contributed by atoms with E-state index in [-0.39, 0.29) is 11.1 Å². The summed E-state index contributed by atoms with van der Waals surface area (Å²) in [6, 6.07) is 6.21. The van der Waals surface area contributed by atoms with Crippen molar-refractivity contribution in [3.8, 4) is 5.75 Å². The number of benzene rings is 1. The maximum absolute atomic E-state index is 11.5. The van der Waals surface area contributed by atoms with Crippen LogP contribution in [0.5, 0.6) is 5.75 Å². The van der Waals surface area contributed by atoms with Gasteiger partial charge in [0, 0.05) is 18.4 Å². The second kappa shape index (κ2) is 6.66. The molecule has 0 spiro atoms. The molecule has 2 unspecified atom stereocenters. The molecule has 0 fully saturated rings. The second-order valence-corrected chi connectivity index (χ2v) is 5.18. The molecule has 0 bridgehead atoms. The number of aliphatic hydroxyl groups excluding tert-OH is 1. The number of methoxy groups -OCH3 is 1. The Morgan fingerprint density at radius 3 is 2.48 bits per heavy atom. The Balaban J connectivity index is 2.67. The highest BCUT2D eigenvalue weighted by Gasteiger charge is 2.30. The van der Waals surface area contributed by atoms with Gasteiger partial charge in [0.1, 0.15) is 17.4 Å². The van der Waals surface area contributed by atoms with Gasteiger partial charge in [-0.15, -0.1) is 0 Å². The number of carbonyl (C=O) groups excluding carboxylic acids is 1. The van der Waals surface area contributed by atoms with E-state index >= 15 is 0 Å². The maximum atomic E-state index is 11.5. The SMILES string of the molecule is C=C(C)C(OC(C)=O)C(O)c1c(OC)ccc2ccc(=O)oc12. The molecular weight excluding hydrogens is 300 g/mol. The minimum atomic E-state index is -1.29. The molecule has 23 heavy (non-hydrogen) atoms. The monoisotopic (exact) mass is 318 g/mol. The van der Waals surface area contributed by atoms with Crippen molar-refractivity contribution in [3.63, 3.8) is 0 Å². The first-order chi connectivity index (χ1) is 10.8. The Morgan fingerprint density at radius 1 is 1.26 bits per heavy atom. The third kappa shape index (κ3) is 3.43. The van der Waals surface area contributed by atoms with E-state index in [0.29, 0.717) is 16.7 Å². The lowest BCUT2D eigenvalue weighted by Gasteiger charge is -2.24. The molecule has 2 aromatic rings. The summed E-state index contributed by atoms with van der Waals surface area (Å²) >= 11 is 0. The van der Waals surface area contributed by atoms with Gasteiger partial charge in [-0.2, -0.15) is 0 Å². The molecule has 6 heteroatoms. The van der Waals surface area contributed by atoms with Gasteiger partial charge in [0.05, 0.1) is 12.7 Å². The number of ether oxygens (including phenoxy) is 2. The van der Waals surface area contributed by atoms with E-state index in [1.807, 2.05) is 0 Å². The zero-order chi connectivity index (χ0) is 17.1. The number of hydrogen-bond donors (Lipinski definition) is 1. The van der Waals surface area contributed by atoms with Gasteiger partial charge in [-0.05, 0) is 30.7 Å². The van der Waals surface area contributed by atoms with Crippen LogP contribution in [0.2, 0.25) is 0 Å². The molecule has 1 aromatic carbocycles. The summed E-state index contributed by atoms with van der Waals surface area (Å²) in [5, 5.41) is 11.3. The number of aliphatic hydroxyl groups is 1. The van der Waals surface area contributed by atoms with E-state index in [0.717, 1.165) is 0 Å². The molecule has 1 heterocycles. The largest absolute Gasteiger partial charge is 0.496 e.